The van der Waals surface area contributed by atoms with Crippen LogP contribution in [0.2, 0.25) is 0 Å². The Labute approximate surface area is 199 Å². The van der Waals surface area contributed by atoms with Crippen molar-refractivity contribution in [3.8, 4) is 17.1 Å². The van der Waals surface area contributed by atoms with Crippen LogP contribution in [0.5, 0.6) is 5.75 Å². The molecule has 2 aromatic carbocycles. The molecule has 0 radical (unpaired) electrons. The van der Waals surface area contributed by atoms with Crippen molar-refractivity contribution in [1.82, 2.24) is 20.4 Å². The van der Waals surface area contributed by atoms with Crippen molar-refractivity contribution in [2.24, 2.45) is 5.92 Å². The first kappa shape index (κ1) is 22.4. The third-order valence-corrected chi connectivity index (χ3v) is 6.76. The molecule has 178 valence electrons. The van der Waals surface area contributed by atoms with Gasteiger partial charge in [0.25, 0.3) is 0 Å². The maximum atomic E-state index is 12.9. The minimum atomic E-state index is -0.0767. The minimum absolute atomic E-state index is 0.0767. The van der Waals surface area contributed by atoms with E-state index in [1.807, 2.05) is 29.2 Å². The lowest BCUT2D eigenvalue weighted by Gasteiger charge is -2.31. The number of aromatic nitrogens is 2. The van der Waals surface area contributed by atoms with E-state index in [1.54, 1.807) is 7.11 Å². The minimum Gasteiger partial charge on any atom is -0.497 e. The molecule has 0 saturated carbocycles. The fraction of sp³-hybridized carbons (Fsp3) is 0.423. The Morgan fingerprint density at radius 2 is 1.97 bits per heavy atom. The SMILES string of the molecule is COc1ccc(-c2noc(N3CCCC(C(=O)NCCN4CCc5ccccc5C4)C3)n2)cc1. The Bertz CT molecular complexity index is 1110. The van der Waals surface area contributed by atoms with Crippen LogP contribution < -0.4 is 15.0 Å². The van der Waals surface area contributed by atoms with Crippen LogP contribution in [0.4, 0.5) is 6.01 Å². The normalized spacial score (nSPS) is 18.4. The number of nitrogens with one attached hydrogen (secondary N) is 1. The number of carbonyl (C=O) groups is 1. The zero-order chi connectivity index (χ0) is 23.3. The third-order valence-electron chi connectivity index (χ3n) is 6.76. The Morgan fingerprint density at radius 3 is 2.79 bits per heavy atom. The highest BCUT2D eigenvalue weighted by atomic mass is 16.5. The van der Waals surface area contributed by atoms with Gasteiger partial charge in [-0.05, 0) is 54.7 Å². The molecule has 0 aliphatic carbocycles. The number of hydrogen-bond acceptors (Lipinski definition) is 7. The summed E-state index contributed by atoms with van der Waals surface area (Å²) in [5, 5.41) is 7.28. The number of anilines is 1. The molecule has 1 saturated heterocycles. The maximum Gasteiger partial charge on any atom is 0.324 e. The van der Waals surface area contributed by atoms with Crippen molar-refractivity contribution in [2.45, 2.75) is 25.8 Å². The van der Waals surface area contributed by atoms with E-state index in [2.05, 4.69) is 44.6 Å². The van der Waals surface area contributed by atoms with E-state index in [0.717, 1.165) is 56.8 Å². The van der Waals surface area contributed by atoms with Crippen LogP contribution in [0.3, 0.4) is 0 Å². The molecular weight excluding hydrogens is 430 g/mol. The first-order valence-corrected chi connectivity index (χ1v) is 12.0. The second kappa shape index (κ2) is 10.3. The van der Waals surface area contributed by atoms with Crippen LogP contribution in [0.15, 0.2) is 53.1 Å². The zero-order valence-electron chi connectivity index (χ0n) is 19.6. The average Bonchev–Trinajstić information content (AvgIpc) is 3.39. The van der Waals surface area contributed by atoms with Crippen molar-refractivity contribution in [1.29, 1.82) is 0 Å². The molecule has 2 aliphatic rings. The summed E-state index contributed by atoms with van der Waals surface area (Å²) >= 11 is 0. The number of benzene rings is 2. The highest BCUT2D eigenvalue weighted by molar-refractivity contribution is 5.79. The number of ether oxygens (including phenoxy) is 1. The zero-order valence-corrected chi connectivity index (χ0v) is 19.6. The van der Waals surface area contributed by atoms with Gasteiger partial charge in [0, 0.05) is 44.8 Å². The van der Waals surface area contributed by atoms with Crippen molar-refractivity contribution in [2.75, 3.05) is 44.7 Å². The molecule has 1 N–H and O–H groups in total. The molecule has 0 bridgehead atoms. The van der Waals surface area contributed by atoms with Crippen molar-refractivity contribution in [3.05, 3.63) is 59.7 Å². The van der Waals surface area contributed by atoms with Gasteiger partial charge in [-0.25, -0.2) is 0 Å². The van der Waals surface area contributed by atoms with E-state index in [1.165, 1.54) is 11.1 Å². The molecule has 0 spiro atoms. The van der Waals surface area contributed by atoms with E-state index < -0.39 is 0 Å². The Morgan fingerprint density at radius 1 is 1.15 bits per heavy atom. The number of amides is 1. The molecule has 1 fully saturated rings. The summed E-state index contributed by atoms with van der Waals surface area (Å²) in [4.78, 5) is 21.9. The second-order valence-corrected chi connectivity index (χ2v) is 9.00. The molecule has 3 aromatic rings. The van der Waals surface area contributed by atoms with E-state index in [4.69, 9.17) is 9.26 Å². The molecule has 3 heterocycles. The molecule has 2 aliphatic heterocycles. The van der Waals surface area contributed by atoms with Gasteiger partial charge in [-0.2, -0.15) is 4.98 Å². The molecule has 1 atom stereocenters. The lowest BCUT2D eigenvalue weighted by atomic mass is 9.97. The van der Waals surface area contributed by atoms with Crippen LogP contribution in [0.1, 0.15) is 24.0 Å². The van der Waals surface area contributed by atoms with Crippen molar-refractivity contribution >= 4 is 11.9 Å². The lowest BCUT2D eigenvalue weighted by Crippen LogP contribution is -2.45. The van der Waals surface area contributed by atoms with Gasteiger partial charge < -0.3 is 19.5 Å². The predicted octanol–water partition coefficient (Wildman–Crippen LogP) is 3.14. The summed E-state index contributed by atoms with van der Waals surface area (Å²) in [6, 6.07) is 16.6. The van der Waals surface area contributed by atoms with Crippen LogP contribution in [-0.2, 0) is 17.8 Å². The van der Waals surface area contributed by atoms with E-state index in [-0.39, 0.29) is 11.8 Å². The number of fused-ring (bicyclic) bond motifs is 1. The number of carbonyl (C=O) groups excluding carboxylic acids is 1. The van der Waals surface area contributed by atoms with Gasteiger partial charge in [-0.1, -0.05) is 29.4 Å². The standard InChI is InChI=1S/C26H31N5O3/c1-33-23-10-8-20(9-11-23)24-28-26(34-29-24)31-14-4-7-22(18-31)25(32)27-13-16-30-15-12-19-5-2-3-6-21(19)17-30/h2-3,5-6,8-11,22H,4,7,12-18H2,1H3,(H,27,32). The van der Waals surface area contributed by atoms with E-state index in [9.17, 15) is 4.79 Å². The van der Waals surface area contributed by atoms with Gasteiger partial charge in [0.1, 0.15) is 5.75 Å². The monoisotopic (exact) mass is 461 g/mol. The van der Waals surface area contributed by atoms with E-state index in [0.29, 0.717) is 24.9 Å². The Balaban J connectivity index is 1.12. The summed E-state index contributed by atoms with van der Waals surface area (Å²) in [6.45, 7) is 4.92. The highest BCUT2D eigenvalue weighted by Gasteiger charge is 2.28. The molecule has 34 heavy (non-hydrogen) atoms. The molecule has 8 heteroatoms. The third kappa shape index (κ3) is 5.07. The first-order chi connectivity index (χ1) is 16.7. The molecule has 5 rings (SSSR count). The van der Waals surface area contributed by atoms with Crippen LogP contribution >= 0.6 is 0 Å². The second-order valence-electron chi connectivity index (χ2n) is 9.00. The average molecular weight is 462 g/mol. The van der Waals surface area contributed by atoms with Crippen molar-refractivity contribution in [3.63, 3.8) is 0 Å². The van der Waals surface area contributed by atoms with Gasteiger partial charge in [0.2, 0.25) is 11.7 Å². The molecular formula is C26H31N5O3. The molecule has 1 unspecified atom stereocenters. The smallest absolute Gasteiger partial charge is 0.324 e. The summed E-state index contributed by atoms with van der Waals surface area (Å²) in [7, 11) is 1.64. The van der Waals surface area contributed by atoms with Crippen molar-refractivity contribution < 1.29 is 14.1 Å². The molecule has 1 amide bonds. The highest BCUT2D eigenvalue weighted by Crippen LogP contribution is 2.26. The fourth-order valence-corrected chi connectivity index (χ4v) is 4.79. The van der Waals surface area contributed by atoms with Gasteiger partial charge in [-0.3, -0.25) is 9.69 Å². The van der Waals surface area contributed by atoms with E-state index >= 15 is 0 Å². The number of piperidine rings is 1. The van der Waals surface area contributed by atoms with Gasteiger partial charge in [0.15, 0.2) is 0 Å². The lowest BCUT2D eigenvalue weighted by molar-refractivity contribution is -0.125. The molecule has 1 aromatic heterocycles. The van der Waals surface area contributed by atoms with Gasteiger partial charge >= 0.3 is 6.01 Å². The Kier molecular flexibility index (Phi) is 6.76. The maximum absolute atomic E-state index is 12.9. The number of hydrogen-bond donors (Lipinski definition) is 1. The summed E-state index contributed by atoms with van der Waals surface area (Å²) in [6.07, 6.45) is 2.87. The number of nitrogens with zero attached hydrogens (tertiary/aromatic N) is 4. The van der Waals surface area contributed by atoms with Gasteiger partial charge in [-0.15, -0.1) is 0 Å². The fourth-order valence-electron chi connectivity index (χ4n) is 4.79. The topological polar surface area (TPSA) is 83.7 Å². The molecule has 8 nitrogen and oxygen atoms in total. The summed E-state index contributed by atoms with van der Waals surface area (Å²) in [5.41, 5.74) is 3.71. The van der Waals surface area contributed by atoms with Crippen LogP contribution in [-0.4, -0.2) is 60.8 Å². The quantitative estimate of drug-likeness (QED) is 0.579. The summed E-state index contributed by atoms with van der Waals surface area (Å²) < 4.78 is 10.7. The largest absolute Gasteiger partial charge is 0.497 e. The Hall–Kier alpha value is -3.39. The predicted molar refractivity (Wildman–Crippen MR) is 130 cm³/mol. The first-order valence-electron chi connectivity index (χ1n) is 12.0. The van der Waals surface area contributed by atoms with Crippen LogP contribution in [0, 0.1) is 5.92 Å². The van der Waals surface area contributed by atoms with Crippen LogP contribution in [0.25, 0.3) is 11.4 Å². The van der Waals surface area contributed by atoms with Gasteiger partial charge in [0.05, 0.1) is 13.0 Å². The summed E-state index contributed by atoms with van der Waals surface area (Å²) in [5.74, 6) is 1.35. The number of methoxy groups -OCH3 is 1. The number of rotatable bonds is 7.